The average Bonchev–Trinajstić information content (AvgIpc) is 2.19. The van der Waals surface area contributed by atoms with Gasteiger partial charge in [-0.25, -0.2) is 13.6 Å². The van der Waals surface area contributed by atoms with Gasteiger partial charge in [-0.15, -0.1) is 0 Å². The molecule has 96 valence electrons. The van der Waals surface area contributed by atoms with E-state index >= 15 is 0 Å². The molecule has 16 heavy (non-hydrogen) atoms. The van der Waals surface area contributed by atoms with Crippen molar-refractivity contribution in [1.29, 1.82) is 0 Å². The number of carbonyl (C=O) groups excluding carboxylic acids is 1. The fourth-order valence-corrected chi connectivity index (χ4v) is 1.59. The number of hydrogen-bond acceptors (Lipinski definition) is 4. The minimum atomic E-state index is -3.42. The second-order valence-corrected chi connectivity index (χ2v) is 5.39. The maximum Gasteiger partial charge on any atom is 0.220 e. The van der Waals surface area contributed by atoms with Crippen LogP contribution >= 0.6 is 0 Å². The fourth-order valence-electron chi connectivity index (χ4n) is 1.04. The lowest BCUT2D eigenvalue weighted by molar-refractivity contribution is -0.121. The van der Waals surface area contributed by atoms with Gasteiger partial charge < -0.3 is 10.1 Å². The number of nitrogens with two attached hydrogens (primary N) is 1. The van der Waals surface area contributed by atoms with Crippen molar-refractivity contribution in [3.05, 3.63) is 0 Å². The predicted octanol–water partition coefficient (Wildman–Crippen LogP) is -0.404. The Morgan fingerprint density at radius 2 is 2.12 bits per heavy atom. The van der Waals surface area contributed by atoms with Crippen molar-refractivity contribution in [3.8, 4) is 0 Å². The van der Waals surface area contributed by atoms with Gasteiger partial charge in [0.25, 0.3) is 0 Å². The first-order chi connectivity index (χ1) is 7.35. The Morgan fingerprint density at radius 1 is 1.50 bits per heavy atom. The first kappa shape index (κ1) is 15.3. The van der Waals surface area contributed by atoms with Gasteiger partial charge in [0.05, 0.1) is 11.9 Å². The SMILES string of the molecule is COC(C)CCC(=O)NCCCS(N)(=O)=O. The fraction of sp³-hybridized carbons (Fsp3) is 0.889. The van der Waals surface area contributed by atoms with Crippen molar-refractivity contribution in [2.24, 2.45) is 5.14 Å². The second kappa shape index (κ2) is 7.59. The highest BCUT2D eigenvalue weighted by molar-refractivity contribution is 7.89. The number of nitrogens with one attached hydrogen (secondary N) is 1. The minimum Gasteiger partial charge on any atom is -0.382 e. The molecular weight excluding hydrogens is 232 g/mol. The van der Waals surface area contributed by atoms with Crippen molar-refractivity contribution in [1.82, 2.24) is 5.32 Å². The zero-order chi connectivity index (χ0) is 12.6. The molecule has 0 saturated heterocycles. The number of rotatable bonds is 8. The summed E-state index contributed by atoms with van der Waals surface area (Å²) in [7, 11) is -1.83. The summed E-state index contributed by atoms with van der Waals surface area (Å²) >= 11 is 0. The highest BCUT2D eigenvalue weighted by Crippen LogP contribution is 1.99. The molecule has 0 rings (SSSR count). The summed E-state index contributed by atoms with van der Waals surface area (Å²) in [6, 6.07) is 0. The van der Waals surface area contributed by atoms with E-state index in [0.717, 1.165) is 0 Å². The van der Waals surface area contributed by atoms with Gasteiger partial charge in [-0.05, 0) is 19.8 Å². The van der Waals surface area contributed by atoms with E-state index in [2.05, 4.69) is 5.32 Å². The zero-order valence-electron chi connectivity index (χ0n) is 9.73. The zero-order valence-corrected chi connectivity index (χ0v) is 10.5. The summed E-state index contributed by atoms with van der Waals surface area (Å²) in [4.78, 5) is 11.2. The Morgan fingerprint density at radius 3 is 2.62 bits per heavy atom. The summed E-state index contributed by atoms with van der Waals surface area (Å²) in [5, 5.41) is 7.43. The maximum atomic E-state index is 11.2. The lowest BCUT2D eigenvalue weighted by atomic mass is 10.2. The van der Waals surface area contributed by atoms with Gasteiger partial charge >= 0.3 is 0 Å². The third-order valence-electron chi connectivity index (χ3n) is 2.11. The van der Waals surface area contributed by atoms with Crippen LogP contribution in [0.5, 0.6) is 0 Å². The molecule has 3 N–H and O–H groups in total. The molecule has 1 amide bonds. The Bertz CT molecular complexity index is 303. The summed E-state index contributed by atoms with van der Waals surface area (Å²) in [5.74, 6) is -0.208. The van der Waals surface area contributed by atoms with Gasteiger partial charge in [0, 0.05) is 20.1 Å². The molecular formula is C9H20N2O4S. The van der Waals surface area contributed by atoms with Crippen LogP contribution in [0.25, 0.3) is 0 Å². The molecule has 1 atom stereocenters. The van der Waals surface area contributed by atoms with E-state index in [1.165, 1.54) is 0 Å². The summed E-state index contributed by atoms with van der Waals surface area (Å²) in [5.41, 5.74) is 0. The molecule has 1 unspecified atom stereocenters. The highest BCUT2D eigenvalue weighted by atomic mass is 32.2. The van der Waals surface area contributed by atoms with Crippen molar-refractivity contribution in [2.75, 3.05) is 19.4 Å². The first-order valence-corrected chi connectivity index (χ1v) is 6.86. The Kier molecular flexibility index (Phi) is 7.27. The van der Waals surface area contributed by atoms with Crippen LogP contribution in [0.1, 0.15) is 26.2 Å². The molecule has 6 nitrogen and oxygen atoms in total. The van der Waals surface area contributed by atoms with E-state index in [9.17, 15) is 13.2 Å². The molecule has 0 spiro atoms. The maximum absolute atomic E-state index is 11.2. The summed E-state index contributed by atoms with van der Waals surface area (Å²) < 4.78 is 26.2. The number of sulfonamides is 1. The van der Waals surface area contributed by atoms with E-state index in [0.29, 0.717) is 25.8 Å². The predicted molar refractivity (Wildman–Crippen MR) is 61.3 cm³/mol. The van der Waals surface area contributed by atoms with Crippen LogP contribution < -0.4 is 10.5 Å². The van der Waals surface area contributed by atoms with Crippen LogP contribution in [0.3, 0.4) is 0 Å². The number of amides is 1. The van der Waals surface area contributed by atoms with E-state index in [-0.39, 0.29) is 17.8 Å². The van der Waals surface area contributed by atoms with Crippen LogP contribution in [0.15, 0.2) is 0 Å². The summed E-state index contributed by atoms with van der Waals surface area (Å²) in [6.07, 6.45) is 1.42. The van der Waals surface area contributed by atoms with Crippen LogP contribution in [0.4, 0.5) is 0 Å². The van der Waals surface area contributed by atoms with E-state index in [1.807, 2.05) is 6.92 Å². The van der Waals surface area contributed by atoms with Gasteiger partial charge in [-0.3, -0.25) is 4.79 Å². The van der Waals surface area contributed by atoms with Crippen LogP contribution in [0.2, 0.25) is 0 Å². The summed E-state index contributed by atoms with van der Waals surface area (Å²) in [6.45, 7) is 2.21. The third-order valence-corrected chi connectivity index (χ3v) is 2.97. The number of ether oxygens (including phenoxy) is 1. The highest BCUT2D eigenvalue weighted by Gasteiger charge is 2.06. The second-order valence-electron chi connectivity index (χ2n) is 3.66. The molecule has 7 heteroatoms. The molecule has 0 radical (unpaired) electrons. The number of methoxy groups -OCH3 is 1. The monoisotopic (exact) mass is 252 g/mol. The van der Waals surface area contributed by atoms with Crippen LogP contribution in [0, 0.1) is 0 Å². The van der Waals surface area contributed by atoms with E-state index < -0.39 is 10.0 Å². The quantitative estimate of drug-likeness (QED) is 0.574. The number of hydrogen-bond donors (Lipinski definition) is 2. The molecule has 0 saturated carbocycles. The van der Waals surface area contributed by atoms with Crippen LogP contribution in [-0.2, 0) is 19.6 Å². The molecule has 0 aromatic heterocycles. The molecule has 0 aliphatic carbocycles. The molecule has 0 aliphatic rings. The number of primary sulfonamides is 1. The number of carbonyl (C=O) groups is 1. The Balaban J connectivity index is 3.52. The lowest BCUT2D eigenvalue weighted by Crippen LogP contribution is -2.27. The van der Waals surface area contributed by atoms with Gasteiger partial charge in [0.1, 0.15) is 0 Å². The standard InChI is InChI=1S/C9H20N2O4S/c1-8(15-2)4-5-9(12)11-6-3-7-16(10,13)14/h8H,3-7H2,1-2H3,(H,11,12)(H2,10,13,14). The van der Waals surface area contributed by atoms with Crippen molar-refractivity contribution in [2.45, 2.75) is 32.3 Å². The first-order valence-electron chi connectivity index (χ1n) is 5.15. The van der Waals surface area contributed by atoms with Gasteiger partial charge in [-0.2, -0.15) is 0 Å². The van der Waals surface area contributed by atoms with Gasteiger partial charge in [-0.1, -0.05) is 0 Å². The molecule has 0 fully saturated rings. The van der Waals surface area contributed by atoms with Crippen LogP contribution in [-0.4, -0.2) is 39.8 Å². The Labute approximate surface area is 96.6 Å². The topological polar surface area (TPSA) is 98.5 Å². The van der Waals surface area contributed by atoms with E-state index in [4.69, 9.17) is 9.88 Å². The van der Waals surface area contributed by atoms with Crippen molar-refractivity contribution in [3.63, 3.8) is 0 Å². The minimum absolute atomic E-state index is 0.0511. The third kappa shape index (κ3) is 9.88. The average molecular weight is 252 g/mol. The molecule has 0 aromatic carbocycles. The normalized spacial score (nSPS) is 13.4. The van der Waals surface area contributed by atoms with Gasteiger partial charge in [0.2, 0.25) is 15.9 Å². The van der Waals surface area contributed by atoms with Gasteiger partial charge in [0.15, 0.2) is 0 Å². The van der Waals surface area contributed by atoms with Crippen molar-refractivity contribution < 1.29 is 17.9 Å². The van der Waals surface area contributed by atoms with E-state index in [1.54, 1.807) is 7.11 Å². The Hall–Kier alpha value is -0.660. The largest absolute Gasteiger partial charge is 0.382 e. The van der Waals surface area contributed by atoms with Crippen molar-refractivity contribution >= 4 is 15.9 Å². The lowest BCUT2D eigenvalue weighted by Gasteiger charge is -2.09. The molecule has 0 aliphatic heterocycles. The molecule has 0 aromatic rings. The molecule has 0 bridgehead atoms. The smallest absolute Gasteiger partial charge is 0.220 e. The molecule has 0 heterocycles.